The molecule has 1 heterocycles. The van der Waals surface area contributed by atoms with Gasteiger partial charge >= 0.3 is 0 Å². The molecular weight excluding hydrogens is 220 g/mol. The normalized spacial score (nSPS) is 28.3. The topological polar surface area (TPSA) is 29.3 Å². The average Bonchev–Trinajstić information content (AvgIpc) is 2.34. The van der Waals surface area contributed by atoms with Crippen LogP contribution in [0.3, 0.4) is 0 Å². The van der Waals surface area contributed by atoms with Crippen molar-refractivity contribution >= 4 is 0 Å². The zero-order valence-corrected chi connectivity index (χ0v) is 13.2. The Hall–Kier alpha value is -0.0800. The van der Waals surface area contributed by atoms with Crippen LogP contribution in [0, 0.1) is 11.3 Å². The summed E-state index contributed by atoms with van der Waals surface area (Å²) >= 11 is 0. The van der Waals surface area contributed by atoms with Crippen LogP contribution in [0.1, 0.15) is 66.7 Å². The molecule has 3 unspecified atom stereocenters. The highest BCUT2D eigenvalue weighted by atomic mass is 15.2. The predicted molar refractivity (Wildman–Crippen MR) is 80.7 cm³/mol. The van der Waals surface area contributed by atoms with E-state index in [-0.39, 0.29) is 0 Å². The quantitative estimate of drug-likeness (QED) is 0.811. The molecule has 2 heteroatoms. The van der Waals surface area contributed by atoms with Gasteiger partial charge in [-0.3, -0.25) is 4.90 Å². The molecule has 1 rings (SSSR count). The van der Waals surface area contributed by atoms with E-state index in [2.05, 4.69) is 39.5 Å². The first-order chi connectivity index (χ1) is 8.37. The molecule has 1 fully saturated rings. The largest absolute Gasteiger partial charge is 0.329 e. The first-order valence-electron chi connectivity index (χ1n) is 7.83. The summed E-state index contributed by atoms with van der Waals surface area (Å²) in [6, 6.07) is 1.31. The van der Waals surface area contributed by atoms with Crippen molar-refractivity contribution in [1.29, 1.82) is 0 Å². The highest BCUT2D eigenvalue weighted by molar-refractivity contribution is 4.85. The summed E-state index contributed by atoms with van der Waals surface area (Å²) in [6.45, 7) is 13.8. The molecule has 0 saturated carbocycles. The first-order valence-corrected chi connectivity index (χ1v) is 7.83. The third-order valence-electron chi connectivity index (χ3n) is 4.60. The molecule has 18 heavy (non-hydrogen) atoms. The fourth-order valence-electron chi connectivity index (χ4n) is 3.14. The first kappa shape index (κ1) is 16.0. The number of piperidine rings is 1. The molecule has 1 saturated heterocycles. The van der Waals surface area contributed by atoms with E-state index in [9.17, 15) is 0 Å². The Morgan fingerprint density at radius 2 is 2.00 bits per heavy atom. The lowest BCUT2D eigenvalue weighted by Gasteiger charge is -2.43. The zero-order chi connectivity index (χ0) is 13.8. The molecule has 3 atom stereocenters. The van der Waals surface area contributed by atoms with Gasteiger partial charge < -0.3 is 5.73 Å². The Morgan fingerprint density at radius 1 is 1.33 bits per heavy atom. The molecule has 0 amide bonds. The van der Waals surface area contributed by atoms with Gasteiger partial charge in [-0.15, -0.1) is 0 Å². The van der Waals surface area contributed by atoms with Gasteiger partial charge in [0.05, 0.1) is 0 Å². The van der Waals surface area contributed by atoms with Crippen molar-refractivity contribution in [2.75, 3.05) is 13.1 Å². The molecule has 0 bridgehead atoms. The van der Waals surface area contributed by atoms with E-state index in [0.29, 0.717) is 17.5 Å². The Bertz CT molecular complexity index is 232. The van der Waals surface area contributed by atoms with Crippen LogP contribution in [-0.2, 0) is 0 Å². The second-order valence-electron chi connectivity index (χ2n) is 7.37. The minimum Gasteiger partial charge on any atom is -0.329 e. The third-order valence-corrected chi connectivity index (χ3v) is 4.60. The summed E-state index contributed by atoms with van der Waals surface area (Å²) in [5.41, 5.74) is 6.44. The van der Waals surface area contributed by atoms with Crippen LogP contribution < -0.4 is 5.73 Å². The Kier molecular flexibility index (Phi) is 6.13. The Morgan fingerprint density at radius 3 is 2.50 bits per heavy atom. The van der Waals surface area contributed by atoms with Crippen molar-refractivity contribution in [3.8, 4) is 0 Å². The molecule has 0 aromatic carbocycles. The number of hydrogen-bond acceptors (Lipinski definition) is 2. The van der Waals surface area contributed by atoms with Crippen LogP contribution in [0.4, 0.5) is 0 Å². The monoisotopic (exact) mass is 254 g/mol. The zero-order valence-electron chi connectivity index (χ0n) is 13.2. The van der Waals surface area contributed by atoms with Gasteiger partial charge in [-0.05, 0) is 50.5 Å². The van der Waals surface area contributed by atoms with E-state index in [1.807, 2.05) is 0 Å². The van der Waals surface area contributed by atoms with Crippen LogP contribution >= 0.6 is 0 Å². The van der Waals surface area contributed by atoms with Gasteiger partial charge in [0.25, 0.3) is 0 Å². The molecule has 2 N–H and O–H groups in total. The molecule has 2 nitrogen and oxygen atoms in total. The van der Waals surface area contributed by atoms with Gasteiger partial charge in [-0.2, -0.15) is 0 Å². The molecule has 1 aliphatic heterocycles. The van der Waals surface area contributed by atoms with E-state index in [0.717, 1.165) is 12.5 Å². The van der Waals surface area contributed by atoms with Crippen molar-refractivity contribution in [2.45, 2.75) is 78.8 Å². The van der Waals surface area contributed by atoms with Gasteiger partial charge in [0.1, 0.15) is 0 Å². The molecular formula is C16H34N2. The van der Waals surface area contributed by atoms with Gasteiger partial charge in [-0.1, -0.05) is 34.1 Å². The number of rotatable bonds is 5. The minimum absolute atomic E-state index is 0.453. The van der Waals surface area contributed by atoms with Crippen molar-refractivity contribution in [3.63, 3.8) is 0 Å². The fraction of sp³-hybridized carbons (Fsp3) is 1.00. The fourth-order valence-corrected chi connectivity index (χ4v) is 3.14. The highest BCUT2D eigenvalue weighted by Crippen LogP contribution is 2.29. The maximum atomic E-state index is 5.99. The molecule has 1 aliphatic rings. The van der Waals surface area contributed by atoms with Crippen LogP contribution in [-0.4, -0.2) is 30.1 Å². The van der Waals surface area contributed by atoms with Crippen molar-refractivity contribution < 1.29 is 0 Å². The molecule has 108 valence electrons. The molecule has 0 aromatic rings. The predicted octanol–water partition coefficient (Wildman–Crippen LogP) is 3.65. The third kappa shape index (κ3) is 4.89. The second-order valence-corrected chi connectivity index (χ2v) is 7.37. The standard InChI is InChI=1S/C16H34N2/c1-6-14-8-10-18(15(11-14)12-17)13(2)7-9-16(3,4)5/h13-15H,6-12,17H2,1-5H3. The van der Waals surface area contributed by atoms with Gasteiger partial charge in [0.2, 0.25) is 0 Å². The van der Waals surface area contributed by atoms with E-state index < -0.39 is 0 Å². The second kappa shape index (κ2) is 6.91. The molecule has 0 radical (unpaired) electrons. The Labute approximate surface area is 114 Å². The number of nitrogens with zero attached hydrogens (tertiary/aromatic N) is 1. The van der Waals surface area contributed by atoms with E-state index >= 15 is 0 Å². The Balaban J connectivity index is 2.48. The van der Waals surface area contributed by atoms with Crippen molar-refractivity contribution in [3.05, 3.63) is 0 Å². The smallest absolute Gasteiger partial charge is 0.0223 e. The number of likely N-dealkylation sites (tertiary alicyclic amines) is 1. The summed E-state index contributed by atoms with van der Waals surface area (Å²) in [7, 11) is 0. The summed E-state index contributed by atoms with van der Waals surface area (Å²) in [5, 5.41) is 0. The lowest BCUT2D eigenvalue weighted by atomic mass is 9.85. The van der Waals surface area contributed by atoms with Gasteiger partial charge in [0, 0.05) is 18.6 Å². The van der Waals surface area contributed by atoms with Gasteiger partial charge in [-0.25, -0.2) is 0 Å². The van der Waals surface area contributed by atoms with Crippen molar-refractivity contribution in [1.82, 2.24) is 4.90 Å². The van der Waals surface area contributed by atoms with E-state index in [1.54, 1.807) is 0 Å². The SMILES string of the molecule is CCC1CCN(C(C)CCC(C)(C)C)C(CN)C1. The van der Waals surface area contributed by atoms with Gasteiger partial charge in [0.15, 0.2) is 0 Å². The summed E-state index contributed by atoms with van der Waals surface area (Å²) in [6.07, 6.45) is 6.61. The highest BCUT2D eigenvalue weighted by Gasteiger charge is 2.30. The van der Waals surface area contributed by atoms with Crippen LogP contribution in [0.2, 0.25) is 0 Å². The van der Waals surface area contributed by atoms with Crippen LogP contribution in [0.5, 0.6) is 0 Å². The maximum Gasteiger partial charge on any atom is 0.0223 e. The van der Waals surface area contributed by atoms with Crippen LogP contribution in [0.15, 0.2) is 0 Å². The summed E-state index contributed by atoms with van der Waals surface area (Å²) in [4.78, 5) is 2.68. The van der Waals surface area contributed by atoms with Crippen LogP contribution in [0.25, 0.3) is 0 Å². The average molecular weight is 254 g/mol. The molecule has 0 spiro atoms. The molecule has 0 aromatic heterocycles. The summed E-state index contributed by atoms with van der Waals surface area (Å²) in [5.74, 6) is 0.907. The van der Waals surface area contributed by atoms with E-state index in [1.165, 1.54) is 38.6 Å². The molecule has 0 aliphatic carbocycles. The van der Waals surface area contributed by atoms with Crippen molar-refractivity contribution in [2.24, 2.45) is 17.1 Å². The number of hydrogen-bond donors (Lipinski definition) is 1. The maximum absolute atomic E-state index is 5.99. The summed E-state index contributed by atoms with van der Waals surface area (Å²) < 4.78 is 0. The van der Waals surface area contributed by atoms with E-state index in [4.69, 9.17) is 5.73 Å². The minimum atomic E-state index is 0.453. The number of nitrogens with two attached hydrogens (primary N) is 1. The lowest BCUT2D eigenvalue weighted by molar-refractivity contribution is 0.0685. The lowest BCUT2D eigenvalue weighted by Crippen LogP contribution is -2.50.